The molecule has 4 rings (SSSR count). The number of sulfonamides is 1. The minimum absolute atomic E-state index is 0.264. The average Bonchev–Trinajstić information content (AvgIpc) is 3.46. The first-order valence-electron chi connectivity index (χ1n) is 13.2. The van der Waals surface area contributed by atoms with Gasteiger partial charge in [-0.1, -0.05) is 49.4 Å². The number of hydrogen-bond donors (Lipinski definition) is 2. The highest BCUT2D eigenvalue weighted by atomic mass is 32.2. The summed E-state index contributed by atoms with van der Waals surface area (Å²) in [6.07, 6.45) is 6.77. The number of nitrogens with zero attached hydrogens (tertiary/aromatic N) is 3. The minimum atomic E-state index is -3.60. The molecule has 0 aliphatic carbocycles. The second kappa shape index (κ2) is 12.2. The maximum absolute atomic E-state index is 13.4. The highest BCUT2D eigenvalue weighted by Crippen LogP contribution is 2.25. The molecule has 202 valence electrons. The Balaban J connectivity index is 1.34. The lowest BCUT2D eigenvalue weighted by Crippen LogP contribution is -2.42. The van der Waals surface area contributed by atoms with Crippen LogP contribution < -0.4 is 5.32 Å². The molecule has 1 unspecified atom stereocenters. The quantitative estimate of drug-likeness (QED) is 0.243. The first kappa shape index (κ1) is 28.0. The first-order valence-corrected chi connectivity index (χ1v) is 14.6. The second-order valence-electron chi connectivity index (χ2n) is 10.3. The predicted molar refractivity (Wildman–Crippen MR) is 153 cm³/mol. The first-order chi connectivity index (χ1) is 18.2. The number of β-amino-alcohol motifs (C(OH)–C–C–N with tert-alkyl or cyclic N) is 1. The number of fused-ring (bicyclic) bond motifs is 1. The van der Waals surface area contributed by atoms with E-state index in [9.17, 15) is 13.5 Å². The zero-order valence-electron chi connectivity index (χ0n) is 22.4. The molecule has 3 aromatic carbocycles. The molecule has 1 heterocycles. The Morgan fingerprint density at radius 1 is 1.03 bits per heavy atom. The van der Waals surface area contributed by atoms with Crippen molar-refractivity contribution in [3.05, 3.63) is 91.0 Å². The van der Waals surface area contributed by atoms with Crippen LogP contribution in [0.15, 0.2) is 90.3 Å². The molecule has 0 spiro atoms. The minimum Gasteiger partial charge on any atom is -0.387 e. The largest absolute Gasteiger partial charge is 0.387 e. The molecule has 1 atom stereocenters. The lowest BCUT2D eigenvalue weighted by atomic mass is 9.96. The van der Waals surface area contributed by atoms with E-state index in [2.05, 4.69) is 24.1 Å². The lowest BCUT2D eigenvalue weighted by molar-refractivity contribution is 0.159. The van der Waals surface area contributed by atoms with Crippen LogP contribution in [-0.4, -0.2) is 52.6 Å². The summed E-state index contributed by atoms with van der Waals surface area (Å²) in [6, 6.07) is 21.0. The van der Waals surface area contributed by atoms with Crippen molar-refractivity contribution in [1.82, 2.24) is 19.2 Å². The monoisotopic (exact) mass is 534 g/mol. The van der Waals surface area contributed by atoms with Crippen molar-refractivity contribution >= 4 is 20.8 Å². The summed E-state index contributed by atoms with van der Waals surface area (Å²) in [5.74, 6) is 0. The highest BCUT2D eigenvalue weighted by molar-refractivity contribution is 7.89. The topological polar surface area (TPSA) is 87.5 Å². The summed E-state index contributed by atoms with van der Waals surface area (Å²) in [4.78, 5) is 4.34. The molecule has 0 aliphatic heterocycles. The van der Waals surface area contributed by atoms with Gasteiger partial charge in [-0.15, -0.1) is 0 Å². The molecule has 38 heavy (non-hydrogen) atoms. The van der Waals surface area contributed by atoms with E-state index in [1.165, 1.54) is 0 Å². The van der Waals surface area contributed by atoms with Crippen LogP contribution in [0.2, 0.25) is 0 Å². The molecule has 0 aliphatic rings. The van der Waals surface area contributed by atoms with E-state index >= 15 is 0 Å². The van der Waals surface area contributed by atoms with E-state index in [4.69, 9.17) is 0 Å². The standard InChI is InChI=1S/C30H38N4O3S/c1-4-19-34(38(36,37)26-15-13-25(14-16-26)33-21-18-31-23-33)20-8-17-30(2,3)32-22-29(35)28-12-7-10-24-9-5-6-11-27(24)28/h5-7,9-16,18,21,23,29,32,35H,4,8,17,19-20,22H2,1-3H3. The fourth-order valence-electron chi connectivity index (χ4n) is 4.76. The molecule has 0 saturated carbocycles. The van der Waals surface area contributed by atoms with Crippen LogP contribution in [0.25, 0.3) is 16.5 Å². The van der Waals surface area contributed by atoms with Gasteiger partial charge in [0.25, 0.3) is 0 Å². The summed E-state index contributed by atoms with van der Waals surface area (Å²) in [5, 5.41) is 16.6. The number of nitrogens with one attached hydrogen (secondary N) is 1. The van der Waals surface area contributed by atoms with Gasteiger partial charge in [-0.25, -0.2) is 13.4 Å². The number of imidazole rings is 1. The molecule has 8 heteroatoms. The van der Waals surface area contributed by atoms with Gasteiger partial charge in [-0.2, -0.15) is 4.31 Å². The van der Waals surface area contributed by atoms with Crippen molar-refractivity contribution in [2.75, 3.05) is 19.6 Å². The van der Waals surface area contributed by atoms with Crippen molar-refractivity contribution in [3.8, 4) is 5.69 Å². The molecule has 1 aromatic heterocycles. The molecule has 7 nitrogen and oxygen atoms in total. The zero-order chi connectivity index (χ0) is 27.2. The SMILES string of the molecule is CCCN(CCCC(C)(C)NCC(O)c1cccc2ccccc12)S(=O)(=O)c1ccc(-n2ccnc2)cc1. The van der Waals surface area contributed by atoms with Crippen LogP contribution in [0.1, 0.15) is 51.7 Å². The van der Waals surface area contributed by atoms with Crippen LogP contribution in [0.3, 0.4) is 0 Å². The average molecular weight is 535 g/mol. The molecule has 0 amide bonds. The van der Waals surface area contributed by atoms with Gasteiger partial charge in [0.2, 0.25) is 10.0 Å². The van der Waals surface area contributed by atoms with E-state index in [-0.39, 0.29) is 5.54 Å². The van der Waals surface area contributed by atoms with Crippen LogP contribution in [0.5, 0.6) is 0 Å². The summed E-state index contributed by atoms with van der Waals surface area (Å²) < 4.78 is 30.2. The molecular weight excluding hydrogens is 496 g/mol. The van der Waals surface area contributed by atoms with Gasteiger partial charge in [0, 0.05) is 43.3 Å². The van der Waals surface area contributed by atoms with Gasteiger partial charge in [0.15, 0.2) is 0 Å². The van der Waals surface area contributed by atoms with Gasteiger partial charge < -0.3 is 15.0 Å². The normalized spacial score (nSPS) is 13.3. The fraction of sp³-hybridized carbons (Fsp3) is 0.367. The Bertz CT molecular complexity index is 1410. The number of aliphatic hydroxyl groups is 1. The summed E-state index contributed by atoms with van der Waals surface area (Å²) in [5.41, 5.74) is 1.51. The predicted octanol–water partition coefficient (Wildman–Crippen LogP) is 5.31. The third kappa shape index (κ3) is 6.69. The van der Waals surface area contributed by atoms with E-state index in [0.29, 0.717) is 31.0 Å². The maximum atomic E-state index is 13.4. The van der Waals surface area contributed by atoms with E-state index in [1.54, 1.807) is 41.1 Å². The number of aliphatic hydroxyl groups excluding tert-OH is 1. The lowest BCUT2D eigenvalue weighted by Gasteiger charge is -2.29. The van der Waals surface area contributed by atoms with E-state index in [1.807, 2.05) is 60.2 Å². The summed E-state index contributed by atoms with van der Waals surface area (Å²) in [6.45, 7) is 7.51. The van der Waals surface area contributed by atoms with Gasteiger partial charge in [0.1, 0.15) is 0 Å². The van der Waals surface area contributed by atoms with Crippen LogP contribution in [-0.2, 0) is 10.0 Å². The molecule has 0 radical (unpaired) electrons. The van der Waals surface area contributed by atoms with Gasteiger partial charge in [-0.3, -0.25) is 0 Å². The molecule has 0 saturated heterocycles. The highest BCUT2D eigenvalue weighted by Gasteiger charge is 2.25. The van der Waals surface area contributed by atoms with Gasteiger partial charge >= 0.3 is 0 Å². The molecule has 0 fully saturated rings. The molecule has 0 bridgehead atoms. The Labute approximate surface area is 226 Å². The maximum Gasteiger partial charge on any atom is 0.243 e. The fourth-order valence-corrected chi connectivity index (χ4v) is 6.33. The van der Waals surface area contributed by atoms with Crippen molar-refractivity contribution in [1.29, 1.82) is 0 Å². The Hall–Kier alpha value is -3.04. The Morgan fingerprint density at radius 3 is 2.47 bits per heavy atom. The second-order valence-corrected chi connectivity index (χ2v) is 12.3. The van der Waals surface area contributed by atoms with Crippen molar-refractivity contribution in [2.24, 2.45) is 0 Å². The smallest absolute Gasteiger partial charge is 0.243 e. The number of benzene rings is 3. The van der Waals surface area contributed by atoms with Crippen LogP contribution in [0, 0.1) is 0 Å². The van der Waals surface area contributed by atoms with Gasteiger partial charge in [-0.05, 0) is 73.7 Å². The van der Waals surface area contributed by atoms with E-state index in [0.717, 1.165) is 34.9 Å². The van der Waals surface area contributed by atoms with Crippen LogP contribution in [0.4, 0.5) is 0 Å². The number of rotatable bonds is 13. The third-order valence-electron chi connectivity index (χ3n) is 6.92. The Kier molecular flexibility index (Phi) is 8.99. The molecule has 4 aromatic rings. The summed E-state index contributed by atoms with van der Waals surface area (Å²) >= 11 is 0. The molecule has 2 N–H and O–H groups in total. The Morgan fingerprint density at radius 2 is 1.76 bits per heavy atom. The third-order valence-corrected chi connectivity index (χ3v) is 8.83. The van der Waals surface area contributed by atoms with Gasteiger partial charge in [0.05, 0.1) is 17.3 Å². The number of aromatic nitrogens is 2. The van der Waals surface area contributed by atoms with Crippen molar-refractivity contribution < 1.29 is 13.5 Å². The molecular formula is C30H38N4O3S. The van der Waals surface area contributed by atoms with Crippen molar-refractivity contribution in [2.45, 2.75) is 56.6 Å². The van der Waals surface area contributed by atoms with Crippen LogP contribution >= 0.6 is 0 Å². The van der Waals surface area contributed by atoms with Crippen molar-refractivity contribution in [3.63, 3.8) is 0 Å². The number of hydrogen-bond acceptors (Lipinski definition) is 5. The summed E-state index contributed by atoms with van der Waals surface area (Å²) in [7, 11) is -3.60. The zero-order valence-corrected chi connectivity index (χ0v) is 23.2. The van der Waals surface area contributed by atoms with E-state index < -0.39 is 16.1 Å².